The molecule has 1 atom stereocenters. The van der Waals surface area contributed by atoms with Gasteiger partial charge in [0.05, 0.1) is 23.3 Å². The second-order valence-corrected chi connectivity index (χ2v) is 21.6. The van der Waals surface area contributed by atoms with E-state index in [1.54, 1.807) is 0 Å². The summed E-state index contributed by atoms with van der Waals surface area (Å²) in [4.78, 5) is 0. The van der Waals surface area contributed by atoms with Crippen LogP contribution in [0.15, 0.2) is 42.5 Å². The van der Waals surface area contributed by atoms with Crippen molar-refractivity contribution in [2.24, 2.45) is 0 Å². The zero-order valence-electron chi connectivity index (χ0n) is 20.0. The van der Waals surface area contributed by atoms with Crippen LogP contribution < -0.4 is 9.92 Å². The fraction of sp³-hybridized carbons (Fsp3) is 0.462. The van der Waals surface area contributed by atoms with Crippen LogP contribution in [0.1, 0.15) is 36.1 Å². The fourth-order valence-electron chi connectivity index (χ4n) is 5.67. The number of hydrogen-bond donors (Lipinski definition) is 0. The van der Waals surface area contributed by atoms with E-state index in [-0.39, 0.29) is 10.5 Å². The lowest BCUT2D eigenvalue weighted by Crippen LogP contribution is -2.59. The molecular formula is C26H38OSi2. The van der Waals surface area contributed by atoms with E-state index in [1.165, 1.54) is 27.4 Å². The van der Waals surface area contributed by atoms with E-state index in [2.05, 4.69) is 109 Å². The maximum atomic E-state index is 6.18. The minimum atomic E-state index is -1.69. The zero-order valence-corrected chi connectivity index (χ0v) is 22.0. The van der Waals surface area contributed by atoms with Gasteiger partial charge < -0.3 is 4.74 Å². The summed E-state index contributed by atoms with van der Waals surface area (Å²) in [6, 6.07) is 13.7. The van der Waals surface area contributed by atoms with Gasteiger partial charge in [0, 0.05) is 16.0 Å². The van der Waals surface area contributed by atoms with Gasteiger partial charge in [-0.3, -0.25) is 0 Å². The van der Waals surface area contributed by atoms with Crippen LogP contribution in [-0.2, 0) is 10.5 Å². The predicted octanol–water partition coefficient (Wildman–Crippen LogP) is 6.67. The molecule has 0 heterocycles. The van der Waals surface area contributed by atoms with Crippen LogP contribution in [-0.4, -0.2) is 23.3 Å². The Balaban J connectivity index is 2.39. The van der Waals surface area contributed by atoms with Crippen molar-refractivity contribution in [3.05, 3.63) is 64.7 Å². The Morgan fingerprint density at radius 3 is 2.10 bits per heavy atom. The summed E-state index contributed by atoms with van der Waals surface area (Å²) in [6.45, 7) is 21.9. The SMILES string of the molecule is COc1c(C(C)(C)C2([Si](C)(C)C)C=Cc3ccccc32)cc(C)cc1[Si](C)(C)C. The number of benzene rings is 2. The van der Waals surface area contributed by atoms with Crippen LogP contribution in [0.25, 0.3) is 6.08 Å². The van der Waals surface area contributed by atoms with Gasteiger partial charge in [0.15, 0.2) is 0 Å². The van der Waals surface area contributed by atoms with Crippen molar-refractivity contribution in [1.82, 2.24) is 0 Å². The van der Waals surface area contributed by atoms with Crippen molar-refractivity contribution in [3.8, 4) is 5.75 Å². The molecule has 0 amide bonds. The summed E-state index contributed by atoms with van der Waals surface area (Å²) < 4.78 is 6.18. The molecule has 3 rings (SSSR count). The van der Waals surface area contributed by atoms with E-state index in [0.29, 0.717) is 0 Å². The van der Waals surface area contributed by atoms with Crippen LogP contribution in [0.4, 0.5) is 0 Å². The predicted molar refractivity (Wildman–Crippen MR) is 134 cm³/mol. The van der Waals surface area contributed by atoms with Crippen molar-refractivity contribution in [2.75, 3.05) is 7.11 Å². The number of methoxy groups -OCH3 is 1. The third kappa shape index (κ3) is 3.27. The topological polar surface area (TPSA) is 9.23 Å². The Bertz CT molecular complexity index is 958. The van der Waals surface area contributed by atoms with Gasteiger partial charge in [-0.2, -0.15) is 0 Å². The van der Waals surface area contributed by atoms with Gasteiger partial charge in [0.2, 0.25) is 0 Å². The first-order valence-electron chi connectivity index (χ1n) is 10.8. The average Bonchev–Trinajstić information content (AvgIpc) is 3.01. The van der Waals surface area contributed by atoms with Gasteiger partial charge >= 0.3 is 0 Å². The monoisotopic (exact) mass is 422 g/mol. The van der Waals surface area contributed by atoms with E-state index in [1.807, 2.05) is 7.11 Å². The van der Waals surface area contributed by atoms with Gasteiger partial charge in [0.25, 0.3) is 0 Å². The average molecular weight is 423 g/mol. The minimum absolute atomic E-state index is 0.00831. The van der Waals surface area contributed by atoms with Gasteiger partial charge in [-0.25, -0.2) is 0 Å². The van der Waals surface area contributed by atoms with Gasteiger partial charge in [-0.1, -0.05) is 107 Å². The summed E-state index contributed by atoms with van der Waals surface area (Å²) in [6.07, 6.45) is 4.89. The van der Waals surface area contributed by atoms with Crippen LogP contribution in [0.2, 0.25) is 39.3 Å². The van der Waals surface area contributed by atoms with Crippen LogP contribution in [0, 0.1) is 6.92 Å². The molecule has 0 N–H and O–H groups in total. The summed E-state index contributed by atoms with van der Waals surface area (Å²) in [5.74, 6) is 1.12. The second-order valence-electron chi connectivity index (χ2n) is 11.2. The first-order chi connectivity index (χ1) is 13.3. The first-order valence-corrected chi connectivity index (χ1v) is 17.8. The Morgan fingerprint density at radius 2 is 1.55 bits per heavy atom. The Kier molecular flexibility index (Phi) is 5.33. The number of fused-ring (bicyclic) bond motifs is 1. The highest BCUT2D eigenvalue weighted by molar-refractivity contribution is 6.89. The molecule has 1 unspecified atom stereocenters. The smallest absolute Gasteiger partial charge is 0.121 e. The van der Waals surface area contributed by atoms with Crippen molar-refractivity contribution in [3.63, 3.8) is 0 Å². The quantitative estimate of drug-likeness (QED) is 0.489. The molecule has 3 heteroatoms. The summed E-state index contributed by atoms with van der Waals surface area (Å²) >= 11 is 0. The summed E-state index contributed by atoms with van der Waals surface area (Å²) in [7, 11) is -1.39. The van der Waals surface area contributed by atoms with E-state index in [4.69, 9.17) is 4.74 Å². The molecule has 2 aromatic rings. The molecule has 0 fully saturated rings. The lowest BCUT2D eigenvalue weighted by atomic mass is 9.69. The number of hydrogen-bond acceptors (Lipinski definition) is 1. The molecule has 2 aromatic carbocycles. The number of aryl methyl sites for hydroxylation is 1. The number of ether oxygens (including phenoxy) is 1. The fourth-order valence-corrected chi connectivity index (χ4v) is 10.9. The van der Waals surface area contributed by atoms with E-state index in [9.17, 15) is 0 Å². The van der Waals surface area contributed by atoms with E-state index >= 15 is 0 Å². The maximum Gasteiger partial charge on any atom is 0.121 e. The van der Waals surface area contributed by atoms with Crippen LogP contribution in [0.5, 0.6) is 5.75 Å². The Morgan fingerprint density at radius 1 is 0.931 bits per heavy atom. The molecule has 0 spiro atoms. The number of rotatable bonds is 5. The molecule has 0 radical (unpaired) electrons. The maximum absolute atomic E-state index is 6.18. The van der Waals surface area contributed by atoms with Crippen molar-refractivity contribution >= 4 is 27.4 Å². The molecular weight excluding hydrogens is 384 g/mol. The molecule has 0 bridgehead atoms. The number of allylic oxidation sites excluding steroid dienone is 1. The molecule has 1 nitrogen and oxygen atoms in total. The summed E-state index contributed by atoms with van der Waals surface area (Å²) in [5, 5.41) is 1.44. The van der Waals surface area contributed by atoms with Crippen molar-refractivity contribution < 1.29 is 4.74 Å². The zero-order chi connectivity index (χ0) is 21.8. The molecule has 0 saturated heterocycles. The second kappa shape index (κ2) is 6.99. The lowest BCUT2D eigenvalue weighted by Gasteiger charge is -2.53. The molecule has 1 aliphatic carbocycles. The van der Waals surface area contributed by atoms with Gasteiger partial charge in [-0.15, -0.1) is 0 Å². The normalized spacial score (nSPS) is 19.4. The lowest BCUT2D eigenvalue weighted by molar-refractivity contribution is 0.365. The molecule has 0 saturated carbocycles. The molecule has 0 aromatic heterocycles. The van der Waals surface area contributed by atoms with Crippen LogP contribution in [0.3, 0.4) is 0 Å². The summed E-state index contributed by atoms with van der Waals surface area (Å²) in [5.41, 5.74) is 5.47. The standard InChI is InChI=1S/C26H38OSi2/c1-19-17-22(24(27-4)23(18-19)28(5,6)7)25(2,3)26(29(8,9)10)16-15-20-13-11-12-14-21(20)26/h11-18H,1-10H3. The van der Waals surface area contributed by atoms with E-state index in [0.717, 1.165) is 5.75 Å². The van der Waals surface area contributed by atoms with E-state index < -0.39 is 16.1 Å². The molecule has 29 heavy (non-hydrogen) atoms. The minimum Gasteiger partial charge on any atom is -0.497 e. The molecule has 0 aliphatic heterocycles. The van der Waals surface area contributed by atoms with Gasteiger partial charge in [0.1, 0.15) is 5.75 Å². The first kappa shape index (κ1) is 22.1. The Hall–Kier alpha value is -1.59. The van der Waals surface area contributed by atoms with Gasteiger partial charge in [-0.05, 0) is 23.2 Å². The highest BCUT2D eigenvalue weighted by Crippen LogP contribution is 2.56. The van der Waals surface area contributed by atoms with Crippen molar-refractivity contribution in [1.29, 1.82) is 0 Å². The molecule has 1 aliphatic rings. The molecule has 156 valence electrons. The van der Waals surface area contributed by atoms with Crippen LogP contribution >= 0.6 is 0 Å². The largest absolute Gasteiger partial charge is 0.497 e. The van der Waals surface area contributed by atoms with Crippen molar-refractivity contribution in [2.45, 2.75) is 70.5 Å². The third-order valence-corrected chi connectivity index (χ3v) is 12.4. The Labute approximate surface area is 180 Å². The highest BCUT2D eigenvalue weighted by atomic mass is 28.3. The highest BCUT2D eigenvalue weighted by Gasteiger charge is 2.57. The third-order valence-electron chi connectivity index (χ3n) is 6.99.